The highest BCUT2D eigenvalue weighted by Crippen LogP contribution is 2.17. The molecule has 1 aliphatic rings. The molecule has 0 spiro atoms. The highest BCUT2D eigenvalue weighted by Gasteiger charge is 2.16. The van der Waals surface area contributed by atoms with Crippen LogP contribution in [0.5, 0.6) is 0 Å². The zero-order valence-electron chi connectivity index (χ0n) is 13.1. The van der Waals surface area contributed by atoms with E-state index < -0.39 is 0 Å². The Kier molecular flexibility index (Phi) is 8.37. The van der Waals surface area contributed by atoms with Crippen molar-refractivity contribution < 1.29 is 9.59 Å². The largest absolute Gasteiger partial charge is 0.349 e. The number of carbonyl (C=O) groups excluding carboxylic acids is 2. The molecule has 1 fully saturated rings. The maximum absolute atomic E-state index is 12.0. The first-order valence-electron chi connectivity index (χ1n) is 7.69. The molecule has 1 heterocycles. The highest BCUT2D eigenvalue weighted by atomic mass is 35.5. The Labute approximate surface area is 143 Å². The summed E-state index contributed by atoms with van der Waals surface area (Å²) < 4.78 is 0. The van der Waals surface area contributed by atoms with Gasteiger partial charge in [0.05, 0.1) is 0 Å². The average molecular weight is 338 g/mol. The van der Waals surface area contributed by atoms with Gasteiger partial charge in [-0.3, -0.25) is 9.59 Å². The number of nitrogens with one attached hydrogen (secondary N) is 3. The van der Waals surface area contributed by atoms with Crippen LogP contribution in [-0.4, -0.2) is 31.4 Å². The average Bonchev–Trinajstić information content (AvgIpc) is 2.54. The van der Waals surface area contributed by atoms with Crippen LogP contribution < -0.4 is 16.0 Å². The van der Waals surface area contributed by atoms with Gasteiger partial charge >= 0.3 is 0 Å². The number of carbonyl (C=O) groups is 2. The lowest BCUT2D eigenvalue weighted by molar-refractivity contribution is -0.117. The van der Waals surface area contributed by atoms with E-state index in [1.165, 1.54) is 0 Å². The van der Waals surface area contributed by atoms with Crippen LogP contribution in [0.4, 0.5) is 5.69 Å². The van der Waals surface area contributed by atoms with Crippen LogP contribution in [0.2, 0.25) is 0 Å². The third-order valence-corrected chi connectivity index (χ3v) is 3.77. The normalized spacial score (nSPS) is 14.4. The Morgan fingerprint density at radius 2 is 1.87 bits per heavy atom. The molecule has 0 atom stereocenters. The second-order valence-corrected chi connectivity index (χ2v) is 5.52. The number of rotatable bonds is 6. The maximum Gasteiger partial charge on any atom is 0.251 e. The van der Waals surface area contributed by atoms with E-state index in [0.29, 0.717) is 24.4 Å². The highest BCUT2D eigenvalue weighted by molar-refractivity contribution is 5.95. The minimum atomic E-state index is -0.146. The molecule has 5 nitrogen and oxygen atoms in total. The lowest BCUT2D eigenvalue weighted by Gasteiger charge is -2.21. The molecule has 126 valence electrons. The minimum absolute atomic E-state index is 0. The van der Waals surface area contributed by atoms with E-state index in [-0.39, 0.29) is 24.2 Å². The summed E-state index contributed by atoms with van der Waals surface area (Å²) in [6, 6.07) is 6.92. The minimum Gasteiger partial charge on any atom is -0.349 e. The Hall–Kier alpha value is -1.85. The van der Waals surface area contributed by atoms with E-state index in [1.807, 2.05) is 0 Å². The molecule has 1 aromatic rings. The molecule has 2 rings (SSSR count). The summed E-state index contributed by atoms with van der Waals surface area (Å²) in [6.45, 7) is 5.98. The number of benzene rings is 1. The van der Waals surface area contributed by atoms with Crippen molar-refractivity contribution >= 4 is 29.9 Å². The second kappa shape index (κ2) is 10.0. The van der Waals surface area contributed by atoms with Crippen molar-refractivity contribution in [3.63, 3.8) is 0 Å². The maximum atomic E-state index is 12.0. The number of amides is 2. The predicted molar refractivity (Wildman–Crippen MR) is 95.1 cm³/mol. The van der Waals surface area contributed by atoms with Crippen LogP contribution in [0.3, 0.4) is 0 Å². The topological polar surface area (TPSA) is 70.2 Å². The van der Waals surface area contributed by atoms with Gasteiger partial charge in [0.1, 0.15) is 0 Å². The van der Waals surface area contributed by atoms with Crippen LogP contribution in [0.1, 0.15) is 29.6 Å². The van der Waals surface area contributed by atoms with Gasteiger partial charge in [-0.05, 0) is 56.1 Å². The van der Waals surface area contributed by atoms with Gasteiger partial charge < -0.3 is 16.0 Å². The van der Waals surface area contributed by atoms with Gasteiger partial charge in [0, 0.05) is 24.2 Å². The van der Waals surface area contributed by atoms with Crippen molar-refractivity contribution in [2.75, 3.05) is 25.0 Å². The fraction of sp³-hybridized carbons (Fsp3) is 0.412. The summed E-state index contributed by atoms with van der Waals surface area (Å²) in [6.07, 6.45) is 4.29. The van der Waals surface area contributed by atoms with Crippen LogP contribution >= 0.6 is 12.4 Å². The molecule has 1 saturated heterocycles. The zero-order valence-corrected chi connectivity index (χ0v) is 14.0. The van der Waals surface area contributed by atoms with Gasteiger partial charge in [0.25, 0.3) is 5.91 Å². The smallest absolute Gasteiger partial charge is 0.251 e. The van der Waals surface area contributed by atoms with E-state index in [4.69, 9.17) is 0 Å². The van der Waals surface area contributed by atoms with Crippen LogP contribution in [0, 0.1) is 5.92 Å². The molecule has 1 aliphatic heterocycles. The Balaban J connectivity index is 0.00000264. The zero-order chi connectivity index (χ0) is 15.8. The molecule has 2 amide bonds. The van der Waals surface area contributed by atoms with Crippen LogP contribution in [0.15, 0.2) is 36.9 Å². The first kappa shape index (κ1) is 19.2. The van der Waals surface area contributed by atoms with Gasteiger partial charge in [-0.1, -0.05) is 6.08 Å². The van der Waals surface area contributed by atoms with E-state index in [0.717, 1.165) is 31.6 Å². The molecule has 0 bridgehead atoms. The second-order valence-electron chi connectivity index (χ2n) is 5.52. The first-order valence-corrected chi connectivity index (χ1v) is 7.69. The Morgan fingerprint density at radius 3 is 2.48 bits per heavy atom. The monoisotopic (exact) mass is 337 g/mol. The third kappa shape index (κ3) is 6.42. The molecule has 23 heavy (non-hydrogen) atoms. The molecule has 0 unspecified atom stereocenters. The molecule has 1 aromatic carbocycles. The van der Waals surface area contributed by atoms with Crippen molar-refractivity contribution in [1.29, 1.82) is 0 Å². The molecule has 0 radical (unpaired) electrons. The summed E-state index contributed by atoms with van der Waals surface area (Å²) in [7, 11) is 0. The number of hydrogen-bond acceptors (Lipinski definition) is 3. The summed E-state index contributed by atoms with van der Waals surface area (Å²) in [5, 5.41) is 8.90. The lowest BCUT2D eigenvalue weighted by Crippen LogP contribution is -2.30. The van der Waals surface area contributed by atoms with Crippen molar-refractivity contribution in [1.82, 2.24) is 10.6 Å². The molecule has 6 heteroatoms. The standard InChI is InChI=1S/C17H23N3O2.ClH/c1-2-9-19-17(22)14-3-5-15(6-4-14)20-16(21)12-13-7-10-18-11-8-13;/h2-6,13,18H,1,7-12H2,(H,19,22)(H,20,21);1H. The van der Waals surface area contributed by atoms with Gasteiger partial charge in [0.2, 0.25) is 5.91 Å². The van der Waals surface area contributed by atoms with E-state index in [9.17, 15) is 9.59 Å². The summed E-state index contributed by atoms with van der Waals surface area (Å²) in [5.41, 5.74) is 1.29. The first-order chi connectivity index (χ1) is 10.7. The molecule has 3 N–H and O–H groups in total. The molecule has 0 aliphatic carbocycles. The van der Waals surface area contributed by atoms with Gasteiger partial charge in [-0.2, -0.15) is 0 Å². The van der Waals surface area contributed by atoms with Gasteiger partial charge in [0.15, 0.2) is 0 Å². The number of anilines is 1. The van der Waals surface area contributed by atoms with Gasteiger partial charge in [-0.15, -0.1) is 19.0 Å². The SMILES string of the molecule is C=CCNC(=O)c1ccc(NC(=O)CC2CCNCC2)cc1.Cl. The third-order valence-electron chi connectivity index (χ3n) is 3.77. The van der Waals surface area contributed by atoms with E-state index >= 15 is 0 Å². The quantitative estimate of drug-likeness (QED) is 0.698. The van der Waals surface area contributed by atoms with Crippen molar-refractivity contribution in [2.45, 2.75) is 19.3 Å². The fourth-order valence-electron chi connectivity index (χ4n) is 2.53. The van der Waals surface area contributed by atoms with E-state index in [2.05, 4.69) is 22.5 Å². The van der Waals surface area contributed by atoms with Crippen molar-refractivity contribution in [2.24, 2.45) is 5.92 Å². The van der Waals surface area contributed by atoms with Crippen LogP contribution in [-0.2, 0) is 4.79 Å². The number of hydrogen-bond donors (Lipinski definition) is 3. The Bertz CT molecular complexity index is 525. The lowest BCUT2D eigenvalue weighted by atomic mass is 9.94. The van der Waals surface area contributed by atoms with Crippen LogP contribution in [0.25, 0.3) is 0 Å². The number of halogens is 1. The fourth-order valence-corrected chi connectivity index (χ4v) is 2.53. The van der Waals surface area contributed by atoms with Gasteiger partial charge in [-0.25, -0.2) is 0 Å². The van der Waals surface area contributed by atoms with E-state index in [1.54, 1.807) is 30.3 Å². The summed E-state index contributed by atoms with van der Waals surface area (Å²) in [5.74, 6) is 0.355. The molecular weight excluding hydrogens is 314 g/mol. The summed E-state index contributed by atoms with van der Waals surface area (Å²) >= 11 is 0. The number of piperidine rings is 1. The Morgan fingerprint density at radius 1 is 1.22 bits per heavy atom. The molecule has 0 saturated carbocycles. The van der Waals surface area contributed by atoms with Crippen molar-refractivity contribution in [3.05, 3.63) is 42.5 Å². The summed E-state index contributed by atoms with van der Waals surface area (Å²) in [4.78, 5) is 23.8. The van der Waals surface area contributed by atoms with Crippen molar-refractivity contribution in [3.8, 4) is 0 Å². The predicted octanol–water partition coefficient (Wildman–Crippen LogP) is 2.35. The molecular formula is C17H24ClN3O2. The molecule has 0 aromatic heterocycles.